The van der Waals surface area contributed by atoms with Gasteiger partial charge in [-0.25, -0.2) is 0 Å². The number of H-pyrrole nitrogens is 1. The Morgan fingerprint density at radius 3 is 3.07 bits per heavy atom. The first-order valence-electron chi connectivity index (χ1n) is 4.84. The van der Waals surface area contributed by atoms with Crippen LogP contribution in [0.15, 0.2) is 22.8 Å². The molecule has 0 saturated carbocycles. The fourth-order valence-electron chi connectivity index (χ4n) is 2.18. The zero-order valence-corrected chi connectivity index (χ0v) is 9.32. The molecular formula is C11H11BrN2. The number of benzene rings is 1. The summed E-state index contributed by atoms with van der Waals surface area (Å²) in [7, 11) is 0. The summed E-state index contributed by atoms with van der Waals surface area (Å²) >= 11 is 3.54. The lowest BCUT2D eigenvalue weighted by molar-refractivity contribution is 0.702. The largest absolute Gasteiger partial charge is 0.361 e. The Balaban J connectivity index is 2.39. The molecule has 3 rings (SSSR count). The van der Waals surface area contributed by atoms with Crippen LogP contribution >= 0.6 is 15.9 Å². The molecule has 0 amide bonds. The van der Waals surface area contributed by atoms with Gasteiger partial charge in [-0.15, -0.1) is 0 Å². The van der Waals surface area contributed by atoms with Gasteiger partial charge in [0, 0.05) is 28.1 Å². The van der Waals surface area contributed by atoms with Crippen LogP contribution in [0, 0.1) is 0 Å². The van der Waals surface area contributed by atoms with Crippen molar-refractivity contribution >= 4 is 26.8 Å². The second kappa shape index (κ2) is 3.11. The molecule has 2 aromatic rings. The number of nitrogens with one attached hydrogen (secondary N) is 2. The van der Waals surface area contributed by atoms with Crippen molar-refractivity contribution in [1.82, 2.24) is 10.3 Å². The van der Waals surface area contributed by atoms with Gasteiger partial charge >= 0.3 is 0 Å². The number of halogens is 1. The summed E-state index contributed by atoms with van der Waals surface area (Å²) in [5, 5.41) is 4.84. The molecule has 2 heterocycles. The molecule has 1 aromatic carbocycles. The maximum Gasteiger partial charge on any atom is 0.0471 e. The molecule has 0 aliphatic carbocycles. The van der Waals surface area contributed by atoms with Crippen LogP contribution in [0.25, 0.3) is 10.9 Å². The third-order valence-electron chi connectivity index (χ3n) is 2.79. The Labute approximate surface area is 90.8 Å². The van der Waals surface area contributed by atoms with E-state index in [0.29, 0.717) is 0 Å². The fraction of sp³-hybridized carbons (Fsp3) is 0.273. The molecular weight excluding hydrogens is 240 g/mol. The number of rotatable bonds is 0. The highest BCUT2D eigenvalue weighted by Gasteiger charge is 2.12. The van der Waals surface area contributed by atoms with Gasteiger partial charge in [-0.05, 0) is 36.2 Å². The quantitative estimate of drug-likeness (QED) is 0.740. The molecule has 2 N–H and O–H groups in total. The lowest BCUT2D eigenvalue weighted by atomic mass is 10.1. The first kappa shape index (κ1) is 8.50. The average molecular weight is 251 g/mol. The van der Waals surface area contributed by atoms with Crippen molar-refractivity contribution in [2.45, 2.75) is 13.0 Å². The van der Waals surface area contributed by atoms with Gasteiger partial charge in [0.05, 0.1) is 0 Å². The summed E-state index contributed by atoms with van der Waals surface area (Å²) in [6, 6.07) is 4.38. The minimum Gasteiger partial charge on any atom is -0.361 e. The van der Waals surface area contributed by atoms with E-state index in [1.165, 1.54) is 22.0 Å². The van der Waals surface area contributed by atoms with Crippen LogP contribution in [-0.2, 0) is 13.0 Å². The highest BCUT2D eigenvalue weighted by Crippen LogP contribution is 2.28. The van der Waals surface area contributed by atoms with Crippen LogP contribution in [0.4, 0.5) is 0 Å². The molecule has 2 nitrogen and oxygen atoms in total. The highest BCUT2D eigenvalue weighted by atomic mass is 79.9. The Hall–Kier alpha value is -0.800. The van der Waals surface area contributed by atoms with Gasteiger partial charge in [0.1, 0.15) is 0 Å². The standard InChI is InChI=1S/C11H11BrN2/c12-9-3-7-1-2-13-5-8-6-14-10(4-9)11(7)8/h3-4,6,13-14H,1-2,5H2. The summed E-state index contributed by atoms with van der Waals surface area (Å²) in [5.41, 5.74) is 4.07. The maximum atomic E-state index is 3.54. The third-order valence-corrected chi connectivity index (χ3v) is 3.25. The van der Waals surface area contributed by atoms with E-state index in [4.69, 9.17) is 0 Å². The van der Waals surface area contributed by atoms with Gasteiger partial charge in [0.25, 0.3) is 0 Å². The van der Waals surface area contributed by atoms with E-state index in [2.05, 4.69) is 44.6 Å². The molecule has 3 heteroatoms. The number of aromatic amines is 1. The summed E-state index contributed by atoms with van der Waals surface area (Å²) in [5.74, 6) is 0. The van der Waals surface area contributed by atoms with Crippen LogP contribution in [0.1, 0.15) is 11.1 Å². The van der Waals surface area contributed by atoms with E-state index in [0.717, 1.165) is 24.0 Å². The number of hydrogen-bond donors (Lipinski definition) is 2. The molecule has 0 atom stereocenters. The SMILES string of the molecule is Brc1cc2c3c(c[nH]c3c1)CNCC2. The van der Waals surface area contributed by atoms with Crippen LogP contribution in [0.5, 0.6) is 0 Å². The molecule has 1 aromatic heterocycles. The Morgan fingerprint density at radius 2 is 2.14 bits per heavy atom. The van der Waals surface area contributed by atoms with Crippen molar-refractivity contribution < 1.29 is 0 Å². The molecule has 72 valence electrons. The third kappa shape index (κ3) is 1.20. The lowest BCUT2D eigenvalue weighted by Crippen LogP contribution is -2.13. The van der Waals surface area contributed by atoms with E-state index in [1.807, 2.05) is 0 Å². The van der Waals surface area contributed by atoms with E-state index in [-0.39, 0.29) is 0 Å². The minimum absolute atomic E-state index is 0.981. The predicted octanol–water partition coefficient (Wildman–Crippen LogP) is 2.58. The van der Waals surface area contributed by atoms with Gasteiger partial charge in [-0.3, -0.25) is 0 Å². The second-order valence-corrected chi connectivity index (χ2v) is 4.64. The molecule has 14 heavy (non-hydrogen) atoms. The zero-order chi connectivity index (χ0) is 9.54. The molecule has 0 spiro atoms. The van der Waals surface area contributed by atoms with Crippen molar-refractivity contribution in [3.63, 3.8) is 0 Å². The van der Waals surface area contributed by atoms with Gasteiger partial charge in [-0.2, -0.15) is 0 Å². The molecule has 0 radical (unpaired) electrons. The first-order valence-corrected chi connectivity index (χ1v) is 5.63. The van der Waals surface area contributed by atoms with Gasteiger partial charge in [0.2, 0.25) is 0 Å². The molecule has 1 aliphatic rings. The van der Waals surface area contributed by atoms with Crippen LogP contribution in [0.3, 0.4) is 0 Å². The van der Waals surface area contributed by atoms with Crippen LogP contribution in [-0.4, -0.2) is 11.5 Å². The van der Waals surface area contributed by atoms with Crippen LogP contribution in [0.2, 0.25) is 0 Å². The zero-order valence-electron chi connectivity index (χ0n) is 7.73. The Morgan fingerprint density at radius 1 is 1.21 bits per heavy atom. The Bertz CT molecular complexity index is 487. The summed E-state index contributed by atoms with van der Waals surface area (Å²) in [6.45, 7) is 2.05. The van der Waals surface area contributed by atoms with Gasteiger partial charge < -0.3 is 10.3 Å². The summed E-state index contributed by atoms with van der Waals surface area (Å²) in [6.07, 6.45) is 3.22. The van der Waals surface area contributed by atoms with E-state index in [9.17, 15) is 0 Å². The smallest absolute Gasteiger partial charge is 0.0471 e. The van der Waals surface area contributed by atoms with Crippen molar-refractivity contribution in [3.8, 4) is 0 Å². The van der Waals surface area contributed by atoms with Gasteiger partial charge in [0.15, 0.2) is 0 Å². The molecule has 0 unspecified atom stereocenters. The maximum absolute atomic E-state index is 3.54. The molecule has 0 bridgehead atoms. The van der Waals surface area contributed by atoms with Crippen LogP contribution < -0.4 is 5.32 Å². The summed E-state index contributed by atoms with van der Waals surface area (Å²) < 4.78 is 1.16. The first-order chi connectivity index (χ1) is 6.84. The van der Waals surface area contributed by atoms with Crippen molar-refractivity contribution in [3.05, 3.63) is 33.9 Å². The highest BCUT2D eigenvalue weighted by molar-refractivity contribution is 9.10. The van der Waals surface area contributed by atoms with Crippen molar-refractivity contribution in [2.75, 3.05) is 6.54 Å². The predicted molar refractivity (Wildman–Crippen MR) is 61.4 cm³/mol. The van der Waals surface area contributed by atoms with E-state index < -0.39 is 0 Å². The van der Waals surface area contributed by atoms with Crippen molar-refractivity contribution in [2.24, 2.45) is 0 Å². The summed E-state index contributed by atoms with van der Waals surface area (Å²) in [4.78, 5) is 3.32. The lowest BCUT2D eigenvalue weighted by Gasteiger charge is -2.01. The average Bonchev–Trinajstić information content (AvgIpc) is 2.43. The monoisotopic (exact) mass is 250 g/mol. The molecule has 0 fully saturated rings. The molecule has 1 aliphatic heterocycles. The van der Waals surface area contributed by atoms with Crippen molar-refractivity contribution in [1.29, 1.82) is 0 Å². The topological polar surface area (TPSA) is 27.8 Å². The van der Waals surface area contributed by atoms with E-state index in [1.54, 1.807) is 0 Å². The normalized spacial score (nSPS) is 15.8. The molecule has 0 saturated heterocycles. The number of hydrogen-bond acceptors (Lipinski definition) is 1. The van der Waals surface area contributed by atoms with E-state index >= 15 is 0 Å². The minimum atomic E-state index is 0.981. The fourth-order valence-corrected chi connectivity index (χ4v) is 2.68. The van der Waals surface area contributed by atoms with Gasteiger partial charge in [-0.1, -0.05) is 15.9 Å². The number of aromatic nitrogens is 1. The second-order valence-electron chi connectivity index (χ2n) is 3.73. The Kier molecular flexibility index (Phi) is 1.89.